The first-order valence-corrected chi connectivity index (χ1v) is 7.30. The van der Waals surface area contributed by atoms with E-state index in [2.05, 4.69) is 20.2 Å². The highest BCUT2D eigenvalue weighted by Gasteiger charge is 2.34. The second-order valence-corrected chi connectivity index (χ2v) is 6.38. The Balaban J connectivity index is 2.23. The third-order valence-corrected chi connectivity index (χ3v) is 3.32. The fraction of sp³-hybridized carbons (Fsp3) is 0.375. The van der Waals surface area contributed by atoms with Crippen LogP contribution in [-0.2, 0) is 9.53 Å². The number of nitrogens with one attached hydrogen (secondary N) is 1. The van der Waals surface area contributed by atoms with Crippen LogP contribution in [0.1, 0.15) is 31.4 Å². The van der Waals surface area contributed by atoms with E-state index in [-0.39, 0.29) is 17.3 Å². The molecule has 0 bridgehead atoms. The fourth-order valence-corrected chi connectivity index (χ4v) is 2.05. The quantitative estimate of drug-likeness (QED) is 0.848. The fourth-order valence-electron chi connectivity index (χ4n) is 2.05. The Morgan fingerprint density at radius 3 is 2.32 bits per heavy atom. The number of esters is 1. The molecule has 0 saturated heterocycles. The highest BCUT2D eigenvalue weighted by Crippen LogP contribution is 2.22. The first kappa shape index (κ1) is 18.5. The standard InChI is InChI=1S/C16H17F2N3O4/c1-16(2,3)11(15(23)24-4)19-13(22)12-20-14(25-21-12)8-5-9(17)7-10(18)6-8/h5-7,11H,1-4H3,(H,19,22)/t11-/m1/s1. The molecular formula is C16H17F2N3O4. The Morgan fingerprint density at radius 2 is 1.80 bits per heavy atom. The number of benzene rings is 1. The molecular weight excluding hydrogens is 336 g/mol. The van der Waals surface area contributed by atoms with Gasteiger partial charge in [0, 0.05) is 11.6 Å². The van der Waals surface area contributed by atoms with Crippen molar-refractivity contribution < 1.29 is 27.6 Å². The van der Waals surface area contributed by atoms with Crippen molar-refractivity contribution in [1.29, 1.82) is 0 Å². The molecule has 0 radical (unpaired) electrons. The van der Waals surface area contributed by atoms with Gasteiger partial charge in [0.25, 0.3) is 17.6 Å². The Morgan fingerprint density at radius 1 is 1.20 bits per heavy atom. The molecule has 1 aromatic carbocycles. The number of nitrogens with zero attached hydrogens (tertiary/aromatic N) is 2. The summed E-state index contributed by atoms with van der Waals surface area (Å²) in [7, 11) is 1.21. The van der Waals surface area contributed by atoms with E-state index in [0.29, 0.717) is 6.07 Å². The molecule has 25 heavy (non-hydrogen) atoms. The van der Waals surface area contributed by atoms with E-state index >= 15 is 0 Å². The molecule has 1 aromatic heterocycles. The van der Waals surface area contributed by atoms with Crippen molar-refractivity contribution in [2.24, 2.45) is 5.41 Å². The molecule has 2 rings (SSSR count). The molecule has 1 atom stereocenters. The van der Waals surface area contributed by atoms with Gasteiger partial charge in [0.2, 0.25) is 0 Å². The molecule has 2 aromatic rings. The van der Waals surface area contributed by atoms with Gasteiger partial charge in [-0.3, -0.25) is 4.79 Å². The number of halogens is 2. The van der Waals surface area contributed by atoms with Crippen LogP contribution in [-0.4, -0.2) is 35.2 Å². The molecule has 1 N–H and O–H groups in total. The van der Waals surface area contributed by atoms with Crippen molar-refractivity contribution in [1.82, 2.24) is 15.5 Å². The summed E-state index contributed by atoms with van der Waals surface area (Å²) >= 11 is 0. The second kappa shape index (κ2) is 6.96. The van der Waals surface area contributed by atoms with Gasteiger partial charge in [-0.25, -0.2) is 13.6 Å². The van der Waals surface area contributed by atoms with Gasteiger partial charge < -0.3 is 14.6 Å². The lowest BCUT2D eigenvalue weighted by molar-refractivity contribution is -0.145. The Bertz CT molecular complexity index is 779. The number of rotatable bonds is 4. The summed E-state index contributed by atoms with van der Waals surface area (Å²) < 4.78 is 36.0. The van der Waals surface area contributed by atoms with Crippen LogP contribution in [0.4, 0.5) is 8.78 Å². The maximum absolute atomic E-state index is 13.2. The van der Waals surface area contributed by atoms with Crippen molar-refractivity contribution in [3.63, 3.8) is 0 Å². The molecule has 0 unspecified atom stereocenters. The van der Waals surface area contributed by atoms with Crippen molar-refractivity contribution in [2.45, 2.75) is 26.8 Å². The number of carbonyl (C=O) groups excluding carboxylic acids is 2. The van der Waals surface area contributed by atoms with Crippen LogP contribution in [0.25, 0.3) is 11.5 Å². The van der Waals surface area contributed by atoms with E-state index in [1.165, 1.54) is 7.11 Å². The summed E-state index contributed by atoms with van der Waals surface area (Å²) in [5.74, 6) is -3.66. The molecule has 0 fully saturated rings. The monoisotopic (exact) mass is 353 g/mol. The van der Waals surface area contributed by atoms with Gasteiger partial charge >= 0.3 is 5.97 Å². The third-order valence-electron chi connectivity index (χ3n) is 3.32. The van der Waals surface area contributed by atoms with Gasteiger partial charge in [-0.05, 0) is 17.5 Å². The molecule has 134 valence electrons. The maximum Gasteiger partial charge on any atom is 0.328 e. The average molecular weight is 353 g/mol. The molecule has 0 spiro atoms. The van der Waals surface area contributed by atoms with Crippen LogP contribution in [0.3, 0.4) is 0 Å². The maximum atomic E-state index is 13.2. The van der Waals surface area contributed by atoms with Crippen molar-refractivity contribution >= 4 is 11.9 Å². The van der Waals surface area contributed by atoms with E-state index in [9.17, 15) is 18.4 Å². The summed E-state index contributed by atoms with van der Waals surface area (Å²) in [5, 5.41) is 5.94. The molecule has 0 aliphatic rings. The zero-order valence-corrected chi connectivity index (χ0v) is 14.1. The predicted molar refractivity (Wildman–Crippen MR) is 82.4 cm³/mol. The highest BCUT2D eigenvalue weighted by molar-refractivity contribution is 5.94. The number of hydrogen-bond acceptors (Lipinski definition) is 6. The van der Waals surface area contributed by atoms with Crippen molar-refractivity contribution in [3.05, 3.63) is 35.7 Å². The van der Waals surface area contributed by atoms with E-state index in [1.807, 2.05) is 0 Å². The minimum Gasteiger partial charge on any atom is -0.467 e. The van der Waals surface area contributed by atoms with Gasteiger partial charge in [-0.2, -0.15) is 4.98 Å². The molecule has 0 aliphatic heterocycles. The van der Waals surface area contributed by atoms with Gasteiger partial charge in [0.15, 0.2) is 0 Å². The molecule has 1 amide bonds. The first-order chi connectivity index (χ1) is 11.6. The van der Waals surface area contributed by atoms with Crippen LogP contribution >= 0.6 is 0 Å². The van der Waals surface area contributed by atoms with E-state index in [0.717, 1.165) is 12.1 Å². The topological polar surface area (TPSA) is 94.3 Å². The number of amides is 1. The molecule has 7 nitrogen and oxygen atoms in total. The highest BCUT2D eigenvalue weighted by atomic mass is 19.1. The number of hydrogen-bond donors (Lipinski definition) is 1. The summed E-state index contributed by atoms with van der Waals surface area (Å²) in [4.78, 5) is 27.9. The SMILES string of the molecule is COC(=O)[C@@H](NC(=O)c1noc(-c2cc(F)cc(F)c2)n1)C(C)(C)C. The summed E-state index contributed by atoms with van der Waals surface area (Å²) in [6, 6.07) is 1.73. The van der Waals surface area contributed by atoms with Crippen LogP contribution in [0.2, 0.25) is 0 Å². The summed E-state index contributed by atoms with van der Waals surface area (Å²) in [5.41, 5.74) is -0.634. The zero-order valence-electron chi connectivity index (χ0n) is 14.1. The van der Waals surface area contributed by atoms with Crippen LogP contribution in [0.5, 0.6) is 0 Å². The van der Waals surface area contributed by atoms with Gasteiger partial charge in [-0.15, -0.1) is 0 Å². The van der Waals surface area contributed by atoms with E-state index in [1.54, 1.807) is 20.8 Å². The first-order valence-electron chi connectivity index (χ1n) is 7.30. The Kier molecular flexibility index (Phi) is 5.15. The van der Waals surface area contributed by atoms with E-state index < -0.39 is 35.0 Å². The number of carbonyl (C=O) groups is 2. The van der Waals surface area contributed by atoms with Gasteiger partial charge in [0.05, 0.1) is 7.11 Å². The lowest BCUT2D eigenvalue weighted by Gasteiger charge is -2.28. The lowest BCUT2D eigenvalue weighted by Crippen LogP contribution is -2.49. The molecule has 9 heteroatoms. The predicted octanol–water partition coefficient (Wildman–Crippen LogP) is 2.33. The lowest BCUT2D eigenvalue weighted by atomic mass is 9.86. The van der Waals surface area contributed by atoms with Crippen LogP contribution in [0.15, 0.2) is 22.7 Å². The number of methoxy groups -OCH3 is 1. The van der Waals surface area contributed by atoms with E-state index in [4.69, 9.17) is 4.52 Å². The largest absolute Gasteiger partial charge is 0.467 e. The van der Waals surface area contributed by atoms with Crippen LogP contribution in [0, 0.1) is 17.0 Å². The van der Waals surface area contributed by atoms with Crippen molar-refractivity contribution in [2.75, 3.05) is 7.11 Å². The third kappa shape index (κ3) is 4.37. The smallest absolute Gasteiger partial charge is 0.328 e. The van der Waals surface area contributed by atoms with Crippen LogP contribution < -0.4 is 5.32 Å². The molecule has 1 heterocycles. The number of aromatic nitrogens is 2. The van der Waals surface area contributed by atoms with Gasteiger partial charge in [-0.1, -0.05) is 25.9 Å². The molecule has 0 aliphatic carbocycles. The summed E-state index contributed by atoms with van der Waals surface area (Å²) in [6.45, 7) is 5.23. The molecule has 0 saturated carbocycles. The zero-order chi connectivity index (χ0) is 18.8. The average Bonchev–Trinajstić information content (AvgIpc) is 2.99. The summed E-state index contributed by atoms with van der Waals surface area (Å²) in [6.07, 6.45) is 0. The van der Waals surface area contributed by atoms with Gasteiger partial charge in [0.1, 0.15) is 17.7 Å². The van der Waals surface area contributed by atoms with Crippen molar-refractivity contribution in [3.8, 4) is 11.5 Å². The normalized spacial score (nSPS) is 12.6. The Hall–Kier alpha value is -2.84. The minimum absolute atomic E-state index is 0.00982. The Labute approximate surface area is 142 Å². The number of ether oxygens (including phenoxy) is 1. The second-order valence-electron chi connectivity index (χ2n) is 6.38. The minimum atomic E-state index is -0.946.